The van der Waals surface area contributed by atoms with E-state index in [4.69, 9.17) is 13.1 Å². The SMILES string of the molecule is CC(C)(C)OC(=O)N1C[C@@H](n2c3ccccc3c3ccccc32)[C@@H]2OS(=O)O[C@@H]2C1. The Labute approximate surface area is 177 Å². The number of amides is 1. The minimum Gasteiger partial charge on any atom is -0.444 e. The van der Waals surface area contributed by atoms with Crippen molar-refractivity contribution in [1.29, 1.82) is 0 Å². The molecule has 2 aromatic carbocycles. The number of carbonyl (C=O) groups is 1. The number of carbonyl (C=O) groups excluding carboxylic acids is 1. The van der Waals surface area contributed by atoms with Gasteiger partial charge in [-0.05, 0) is 32.9 Å². The first kappa shape index (κ1) is 19.5. The number of fused-ring (bicyclic) bond motifs is 4. The Hall–Kier alpha value is -2.42. The number of hydrogen-bond acceptors (Lipinski definition) is 5. The monoisotopic (exact) mass is 428 g/mol. The smallest absolute Gasteiger partial charge is 0.410 e. The van der Waals surface area contributed by atoms with Crippen LogP contribution in [0.1, 0.15) is 26.8 Å². The molecule has 2 aliphatic rings. The number of nitrogens with zero attached hydrogens (tertiary/aromatic N) is 2. The van der Waals surface area contributed by atoms with E-state index in [1.54, 1.807) is 4.90 Å². The molecule has 1 unspecified atom stereocenters. The molecule has 0 saturated carbocycles. The highest BCUT2D eigenvalue weighted by atomic mass is 32.2. The summed E-state index contributed by atoms with van der Waals surface area (Å²) in [4.78, 5) is 14.5. The molecule has 8 heteroatoms. The molecule has 5 rings (SSSR count). The van der Waals surface area contributed by atoms with Gasteiger partial charge in [-0.2, -0.15) is 4.21 Å². The van der Waals surface area contributed by atoms with Crippen LogP contribution in [-0.4, -0.2) is 50.7 Å². The summed E-state index contributed by atoms with van der Waals surface area (Å²) in [5, 5.41) is 2.25. The number of hydrogen-bond donors (Lipinski definition) is 0. The van der Waals surface area contributed by atoms with Gasteiger partial charge in [0.15, 0.2) is 0 Å². The third-order valence-electron chi connectivity index (χ3n) is 5.55. The van der Waals surface area contributed by atoms with Crippen molar-refractivity contribution in [1.82, 2.24) is 9.47 Å². The maximum atomic E-state index is 12.8. The standard InChI is InChI=1S/C22H24N2O5S/c1-22(2,3)27-21(25)23-12-18(20-19(13-23)28-30(26)29-20)24-16-10-6-4-8-14(16)15-9-5-7-11-17(15)24/h4-11,18-20H,12-13H2,1-3H3/t18-,19-,20+,30?/m1/s1. The van der Waals surface area contributed by atoms with Crippen LogP contribution in [-0.2, 0) is 24.5 Å². The zero-order chi connectivity index (χ0) is 21.0. The Balaban J connectivity index is 1.63. The number of rotatable bonds is 1. The molecule has 30 heavy (non-hydrogen) atoms. The van der Waals surface area contributed by atoms with E-state index in [-0.39, 0.29) is 12.6 Å². The second-order valence-corrected chi connectivity index (χ2v) is 9.55. The second kappa shape index (κ2) is 7.08. The quantitative estimate of drug-likeness (QED) is 0.587. The predicted molar refractivity (Wildman–Crippen MR) is 114 cm³/mol. The van der Waals surface area contributed by atoms with Gasteiger partial charge in [-0.15, -0.1) is 0 Å². The van der Waals surface area contributed by atoms with Crippen LogP contribution < -0.4 is 0 Å². The van der Waals surface area contributed by atoms with Gasteiger partial charge in [0.1, 0.15) is 17.8 Å². The van der Waals surface area contributed by atoms with Crippen LogP contribution in [0.2, 0.25) is 0 Å². The molecule has 0 bridgehead atoms. The summed E-state index contributed by atoms with van der Waals surface area (Å²) in [7, 11) is 0. The molecule has 7 nitrogen and oxygen atoms in total. The van der Waals surface area contributed by atoms with Crippen LogP contribution >= 0.6 is 0 Å². The average Bonchev–Trinajstić information content (AvgIpc) is 3.23. The third-order valence-corrected chi connectivity index (χ3v) is 6.33. The van der Waals surface area contributed by atoms with Crippen LogP contribution in [0.5, 0.6) is 0 Å². The number of para-hydroxylation sites is 2. The lowest BCUT2D eigenvalue weighted by molar-refractivity contribution is -0.0162. The van der Waals surface area contributed by atoms with Crippen molar-refractivity contribution in [3.8, 4) is 0 Å². The normalized spacial score (nSPS) is 26.8. The van der Waals surface area contributed by atoms with Gasteiger partial charge < -0.3 is 14.2 Å². The highest BCUT2D eigenvalue weighted by Crippen LogP contribution is 2.39. The Morgan fingerprint density at radius 2 is 1.60 bits per heavy atom. The van der Waals surface area contributed by atoms with Gasteiger partial charge in [0, 0.05) is 28.4 Å². The van der Waals surface area contributed by atoms with E-state index >= 15 is 0 Å². The Morgan fingerprint density at radius 3 is 2.20 bits per heavy atom. The van der Waals surface area contributed by atoms with Crippen LogP contribution in [0.25, 0.3) is 21.8 Å². The van der Waals surface area contributed by atoms with Crippen molar-refractivity contribution in [2.24, 2.45) is 0 Å². The fraction of sp³-hybridized carbons (Fsp3) is 0.409. The molecule has 0 radical (unpaired) electrons. The van der Waals surface area contributed by atoms with Crippen LogP contribution in [0, 0.1) is 0 Å². The molecule has 0 spiro atoms. The Bertz CT molecular complexity index is 1100. The molecule has 0 aliphatic carbocycles. The molecule has 1 aromatic heterocycles. The van der Waals surface area contributed by atoms with E-state index in [9.17, 15) is 9.00 Å². The second-order valence-electron chi connectivity index (χ2n) is 8.76. The summed E-state index contributed by atoms with van der Waals surface area (Å²) in [6.45, 7) is 6.17. The molecular formula is C22H24N2O5S. The van der Waals surface area contributed by atoms with Gasteiger partial charge in [-0.1, -0.05) is 36.4 Å². The summed E-state index contributed by atoms with van der Waals surface area (Å²) >= 11 is -1.83. The van der Waals surface area contributed by atoms with Crippen molar-refractivity contribution in [2.45, 2.75) is 44.6 Å². The topological polar surface area (TPSA) is 70.0 Å². The van der Waals surface area contributed by atoms with Gasteiger partial charge >= 0.3 is 17.5 Å². The van der Waals surface area contributed by atoms with Gasteiger partial charge in [0.2, 0.25) is 0 Å². The molecule has 3 heterocycles. The summed E-state index contributed by atoms with van der Waals surface area (Å²) in [5.41, 5.74) is 1.47. The van der Waals surface area contributed by atoms with Gasteiger partial charge in [-0.25, -0.2) is 4.79 Å². The van der Waals surface area contributed by atoms with E-state index in [0.29, 0.717) is 6.54 Å². The molecule has 3 aromatic rings. The van der Waals surface area contributed by atoms with Crippen molar-refractivity contribution >= 4 is 39.3 Å². The van der Waals surface area contributed by atoms with Crippen molar-refractivity contribution in [3.63, 3.8) is 0 Å². The van der Waals surface area contributed by atoms with Crippen molar-refractivity contribution < 1.29 is 22.1 Å². The fourth-order valence-electron chi connectivity index (χ4n) is 4.41. The lowest BCUT2D eigenvalue weighted by Crippen LogP contribution is -2.54. The molecule has 1 amide bonds. The molecule has 158 valence electrons. The first-order valence-electron chi connectivity index (χ1n) is 10.0. The van der Waals surface area contributed by atoms with Crippen molar-refractivity contribution in [2.75, 3.05) is 13.1 Å². The molecule has 2 fully saturated rings. The van der Waals surface area contributed by atoms with Gasteiger partial charge in [0.25, 0.3) is 0 Å². The predicted octanol–water partition coefficient (Wildman–Crippen LogP) is 3.95. The summed E-state index contributed by atoms with van der Waals surface area (Å²) in [6.07, 6.45) is -1.33. The van der Waals surface area contributed by atoms with Crippen LogP contribution in [0.15, 0.2) is 48.5 Å². The maximum Gasteiger partial charge on any atom is 0.410 e. The number of piperidine rings is 1. The summed E-state index contributed by atoms with van der Waals surface area (Å²) < 4.78 is 31.1. The summed E-state index contributed by atoms with van der Waals surface area (Å²) in [6, 6.07) is 16.0. The van der Waals surface area contributed by atoms with Crippen molar-refractivity contribution in [3.05, 3.63) is 48.5 Å². The Kier molecular flexibility index (Phi) is 4.61. The third kappa shape index (κ3) is 3.29. The lowest BCUT2D eigenvalue weighted by atomic mass is 9.99. The molecular weight excluding hydrogens is 404 g/mol. The van der Waals surface area contributed by atoms with E-state index in [0.717, 1.165) is 21.8 Å². The highest BCUT2D eigenvalue weighted by Gasteiger charge is 2.49. The number of ether oxygens (including phenoxy) is 1. The molecule has 0 N–H and O–H groups in total. The van der Waals surface area contributed by atoms with Crippen LogP contribution in [0.3, 0.4) is 0 Å². The number of benzene rings is 2. The Morgan fingerprint density at radius 1 is 1.00 bits per heavy atom. The van der Waals surface area contributed by atoms with Gasteiger partial charge in [-0.3, -0.25) is 8.37 Å². The molecule has 2 saturated heterocycles. The fourth-order valence-corrected chi connectivity index (χ4v) is 5.26. The van der Waals surface area contributed by atoms with Gasteiger partial charge in [0.05, 0.1) is 12.6 Å². The zero-order valence-electron chi connectivity index (χ0n) is 17.1. The van der Waals surface area contributed by atoms with E-state index in [1.165, 1.54) is 0 Å². The maximum absolute atomic E-state index is 12.8. The number of likely N-dealkylation sites (tertiary alicyclic amines) is 1. The first-order valence-corrected chi connectivity index (χ1v) is 11.0. The van der Waals surface area contributed by atoms with E-state index in [2.05, 4.69) is 28.8 Å². The van der Waals surface area contributed by atoms with Crippen LogP contribution in [0.4, 0.5) is 4.79 Å². The lowest BCUT2D eigenvalue weighted by Gasteiger charge is -2.39. The largest absolute Gasteiger partial charge is 0.444 e. The minimum atomic E-state index is -1.83. The number of aromatic nitrogens is 1. The first-order chi connectivity index (χ1) is 14.3. The molecule has 2 aliphatic heterocycles. The zero-order valence-corrected chi connectivity index (χ0v) is 17.9. The minimum absolute atomic E-state index is 0.271. The summed E-state index contributed by atoms with van der Waals surface area (Å²) in [5.74, 6) is 0. The van der Waals surface area contributed by atoms with E-state index in [1.807, 2.05) is 45.0 Å². The van der Waals surface area contributed by atoms with E-state index < -0.39 is 35.3 Å². The molecule has 4 atom stereocenters. The highest BCUT2D eigenvalue weighted by molar-refractivity contribution is 7.75. The average molecular weight is 429 g/mol.